The lowest BCUT2D eigenvalue weighted by molar-refractivity contribution is 0.0442. The molecule has 0 amide bonds. The molecular weight excluding hydrogens is 138 g/mol. The van der Waals surface area contributed by atoms with Crippen molar-refractivity contribution in [3.05, 3.63) is 0 Å². The van der Waals surface area contributed by atoms with E-state index in [0.29, 0.717) is 6.04 Å². The Hall–Kier alpha value is -0.0800. The van der Waals surface area contributed by atoms with Crippen LogP contribution in [-0.4, -0.2) is 26.3 Å². The zero-order chi connectivity index (χ0) is 8.69. The van der Waals surface area contributed by atoms with Gasteiger partial charge < -0.3 is 10.1 Å². The summed E-state index contributed by atoms with van der Waals surface area (Å²) in [7, 11) is 2.00. The second-order valence-electron chi connectivity index (χ2n) is 2.74. The van der Waals surface area contributed by atoms with Crippen molar-refractivity contribution >= 4 is 0 Å². The van der Waals surface area contributed by atoms with Crippen LogP contribution in [0.15, 0.2) is 0 Å². The van der Waals surface area contributed by atoms with Crippen molar-refractivity contribution in [2.24, 2.45) is 5.92 Å². The standard InChI is InChI=1S/C7H15NO.C2H6/c1-6-3-4-9-5-7(6)8-2;1-2/h6-8H,3-5H2,1-2H3;1-2H3. The van der Waals surface area contributed by atoms with E-state index in [0.717, 1.165) is 19.1 Å². The molecule has 0 saturated carbocycles. The van der Waals surface area contributed by atoms with Gasteiger partial charge in [-0.15, -0.1) is 0 Å². The molecule has 2 heteroatoms. The molecule has 1 heterocycles. The quantitative estimate of drug-likeness (QED) is 0.628. The summed E-state index contributed by atoms with van der Waals surface area (Å²) >= 11 is 0. The molecule has 0 bridgehead atoms. The van der Waals surface area contributed by atoms with Gasteiger partial charge in [0.25, 0.3) is 0 Å². The van der Waals surface area contributed by atoms with Gasteiger partial charge in [-0.3, -0.25) is 0 Å². The molecule has 1 fully saturated rings. The summed E-state index contributed by atoms with van der Waals surface area (Å²) in [4.78, 5) is 0. The Morgan fingerprint density at radius 2 is 2.00 bits per heavy atom. The third-order valence-corrected chi connectivity index (χ3v) is 2.07. The van der Waals surface area contributed by atoms with Gasteiger partial charge in [0.2, 0.25) is 0 Å². The van der Waals surface area contributed by atoms with E-state index in [2.05, 4.69) is 12.2 Å². The molecule has 11 heavy (non-hydrogen) atoms. The maximum Gasteiger partial charge on any atom is 0.0622 e. The van der Waals surface area contributed by atoms with E-state index in [9.17, 15) is 0 Å². The molecule has 2 atom stereocenters. The molecule has 1 rings (SSSR count). The Morgan fingerprint density at radius 1 is 1.36 bits per heavy atom. The Balaban J connectivity index is 0.000000461. The van der Waals surface area contributed by atoms with Crippen molar-refractivity contribution in [1.82, 2.24) is 5.32 Å². The average Bonchev–Trinajstić information content (AvgIpc) is 2.09. The predicted molar refractivity (Wildman–Crippen MR) is 48.8 cm³/mol. The van der Waals surface area contributed by atoms with E-state index < -0.39 is 0 Å². The van der Waals surface area contributed by atoms with Crippen LogP contribution in [0.2, 0.25) is 0 Å². The van der Waals surface area contributed by atoms with Gasteiger partial charge in [-0.05, 0) is 19.4 Å². The van der Waals surface area contributed by atoms with Crippen LogP contribution in [0.5, 0.6) is 0 Å². The summed E-state index contributed by atoms with van der Waals surface area (Å²) in [6.07, 6.45) is 1.20. The lowest BCUT2D eigenvalue weighted by Crippen LogP contribution is -2.40. The lowest BCUT2D eigenvalue weighted by Gasteiger charge is -2.28. The molecule has 0 aromatic heterocycles. The largest absolute Gasteiger partial charge is 0.380 e. The normalized spacial score (nSPS) is 30.5. The summed E-state index contributed by atoms with van der Waals surface area (Å²) in [5.41, 5.74) is 0. The zero-order valence-electron chi connectivity index (χ0n) is 8.18. The van der Waals surface area contributed by atoms with E-state index in [1.54, 1.807) is 0 Å². The Kier molecular flexibility index (Phi) is 6.57. The van der Waals surface area contributed by atoms with Crippen LogP contribution >= 0.6 is 0 Å². The Morgan fingerprint density at radius 3 is 2.36 bits per heavy atom. The minimum Gasteiger partial charge on any atom is -0.380 e. The highest BCUT2D eigenvalue weighted by atomic mass is 16.5. The van der Waals surface area contributed by atoms with Crippen LogP contribution < -0.4 is 5.32 Å². The highest BCUT2D eigenvalue weighted by molar-refractivity contribution is 4.74. The van der Waals surface area contributed by atoms with Crippen LogP contribution in [0.3, 0.4) is 0 Å². The van der Waals surface area contributed by atoms with E-state index in [1.807, 2.05) is 20.9 Å². The smallest absolute Gasteiger partial charge is 0.0622 e. The molecule has 2 nitrogen and oxygen atoms in total. The third kappa shape index (κ3) is 3.73. The van der Waals surface area contributed by atoms with Gasteiger partial charge in [0.15, 0.2) is 0 Å². The number of rotatable bonds is 1. The van der Waals surface area contributed by atoms with Gasteiger partial charge in [0.05, 0.1) is 6.61 Å². The summed E-state index contributed by atoms with van der Waals surface area (Å²) in [6, 6.07) is 0.582. The summed E-state index contributed by atoms with van der Waals surface area (Å²) in [6.45, 7) is 8.10. The van der Waals surface area contributed by atoms with Crippen molar-refractivity contribution in [1.29, 1.82) is 0 Å². The maximum atomic E-state index is 5.28. The average molecular weight is 159 g/mol. The second kappa shape index (κ2) is 6.62. The fourth-order valence-corrected chi connectivity index (χ4v) is 1.21. The minimum absolute atomic E-state index is 0.582. The number of nitrogens with one attached hydrogen (secondary N) is 1. The fraction of sp³-hybridized carbons (Fsp3) is 1.00. The summed E-state index contributed by atoms with van der Waals surface area (Å²) in [5, 5.41) is 3.23. The molecule has 0 radical (unpaired) electrons. The number of hydrogen-bond acceptors (Lipinski definition) is 2. The third-order valence-electron chi connectivity index (χ3n) is 2.07. The summed E-state index contributed by atoms with van der Waals surface area (Å²) < 4.78 is 5.28. The highest BCUT2D eigenvalue weighted by Gasteiger charge is 2.19. The molecule has 68 valence electrons. The molecule has 0 aromatic carbocycles. The molecule has 0 aliphatic carbocycles. The van der Waals surface area contributed by atoms with E-state index in [1.165, 1.54) is 6.42 Å². The van der Waals surface area contributed by atoms with Crippen molar-refractivity contribution in [3.63, 3.8) is 0 Å². The van der Waals surface area contributed by atoms with Crippen molar-refractivity contribution in [2.45, 2.75) is 33.2 Å². The number of ether oxygens (including phenoxy) is 1. The van der Waals surface area contributed by atoms with Gasteiger partial charge in [-0.25, -0.2) is 0 Å². The number of likely N-dealkylation sites (N-methyl/N-ethyl adjacent to an activating group) is 1. The molecule has 1 aliphatic heterocycles. The molecule has 1 aliphatic rings. The van der Waals surface area contributed by atoms with Crippen LogP contribution in [0.25, 0.3) is 0 Å². The van der Waals surface area contributed by atoms with Gasteiger partial charge in [0.1, 0.15) is 0 Å². The molecule has 0 aromatic rings. The van der Waals surface area contributed by atoms with E-state index in [-0.39, 0.29) is 0 Å². The van der Waals surface area contributed by atoms with Crippen molar-refractivity contribution < 1.29 is 4.74 Å². The zero-order valence-corrected chi connectivity index (χ0v) is 8.18. The SMILES string of the molecule is CC.CNC1COCCC1C. The molecule has 0 spiro atoms. The lowest BCUT2D eigenvalue weighted by atomic mass is 9.98. The second-order valence-corrected chi connectivity index (χ2v) is 2.74. The fourth-order valence-electron chi connectivity index (χ4n) is 1.21. The first kappa shape index (κ1) is 10.9. The van der Waals surface area contributed by atoms with Crippen LogP contribution in [0.4, 0.5) is 0 Å². The maximum absolute atomic E-state index is 5.28. The topological polar surface area (TPSA) is 21.3 Å². The molecule has 1 saturated heterocycles. The van der Waals surface area contributed by atoms with Gasteiger partial charge in [-0.1, -0.05) is 20.8 Å². The van der Waals surface area contributed by atoms with Crippen molar-refractivity contribution in [2.75, 3.05) is 20.3 Å². The highest BCUT2D eigenvalue weighted by Crippen LogP contribution is 2.13. The van der Waals surface area contributed by atoms with E-state index >= 15 is 0 Å². The monoisotopic (exact) mass is 159 g/mol. The summed E-state index contributed by atoms with van der Waals surface area (Å²) in [5.74, 6) is 0.781. The van der Waals surface area contributed by atoms with Gasteiger partial charge >= 0.3 is 0 Å². The first-order chi connectivity index (χ1) is 5.34. The Bertz CT molecular complexity index is 85.6. The minimum atomic E-state index is 0.582. The van der Waals surface area contributed by atoms with Gasteiger partial charge in [0, 0.05) is 12.6 Å². The van der Waals surface area contributed by atoms with E-state index in [4.69, 9.17) is 4.74 Å². The Labute approximate surface area is 70.3 Å². The first-order valence-electron chi connectivity index (χ1n) is 4.59. The molecule has 1 N–H and O–H groups in total. The number of hydrogen-bond donors (Lipinski definition) is 1. The van der Waals surface area contributed by atoms with Crippen molar-refractivity contribution in [3.8, 4) is 0 Å². The van der Waals surface area contributed by atoms with Gasteiger partial charge in [-0.2, -0.15) is 0 Å². The van der Waals surface area contributed by atoms with Crippen LogP contribution in [-0.2, 0) is 4.74 Å². The molecular formula is C9H21NO. The first-order valence-corrected chi connectivity index (χ1v) is 4.59. The van der Waals surface area contributed by atoms with Crippen LogP contribution in [0.1, 0.15) is 27.2 Å². The molecule has 2 unspecified atom stereocenters. The predicted octanol–water partition coefficient (Wildman–Crippen LogP) is 1.66. The van der Waals surface area contributed by atoms with Crippen LogP contribution in [0, 0.1) is 5.92 Å².